The molecule has 1 fully saturated rings. The standard InChI is InChI=1S/C20H17F2N3O3/c21-14-3-1-12(7-15(14)22)10-24-5-6-25-17(20(24)26)9-16(23-25)13-2-4-18-19(8-13)28-11-27-18/h1-8,16-17,23H,9-11H2. The Bertz CT molecular complexity index is 981. The first-order valence-electron chi connectivity index (χ1n) is 8.95. The first-order valence-corrected chi connectivity index (χ1v) is 8.95. The van der Waals surface area contributed by atoms with Crippen LogP contribution in [-0.4, -0.2) is 28.7 Å². The lowest BCUT2D eigenvalue weighted by molar-refractivity contribution is -0.134. The molecule has 3 heterocycles. The van der Waals surface area contributed by atoms with Gasteiger partial charge in [0.2, 0.25) is 6.79 Å². The van der Waals surface area contributed by atoms with Gasteiger partial charge in [-0.3, -0.25) is 4.79 Å². The molecular formula is C20H17F2N3O3. The number of ether oxygens (including phenoxy) is 2. The maximum absolute atomic E-state index is 13.4. The minimum absolute atomic E-state index is 0.0451. The number of hydrazine groups is 1. The van der Waals surface area contributed by atoms with E-state index >= 15 is 0 Å². The van der Waals surface area contributed by atoms with Gasteiger partial charge in [-0.25, -0.2) is 14.2 Å². The lowest BCUT2D eigenvalue weighted by Gasteiger charge is -2.31. The monoisotopic (exact) mass is 385 g/mol. The second kappa shape index (κ2) is 6.49. The maximum Gasteiger partial charge on any atom is 0.251 e. The zero-order valence-electron chi connectivity index (χ0n) is 14.8. The lowest BCUT2D eigenvalue weighted by Crippen LogP contribution is -2.47. The summed E-state index contributed by atoms with van der Waals surface area (Å²) in [6.07, 6.45) is 4.02. The summed E-state index contributed by atoms with van der Waals surface area (Å²) in [7, 11) is 0. The van der Waals surface area contributed by atoms with Crippen LogP contribution in [0.15, 0.2) is 48.8 Å². The Morgan fingerprint density at radius 3 is 2.75 bits per heavy atom. The van der Waals surface area contributed by atoms with Gasteiger partial charge < -0.3 is 19.4 Å². The van der Waals surface area contributed by atoms with Crippen molar-refractivity contribution in [2.24, 2.45) is 0 Å². The summed E-state index contributed by atoms with van der Waals surface area (Å²) in [5, 5.41) is 1.79. The molecule has 0 bridgehead atoms. The van der Waals surface area contributed by atoms with Crippen LogP contribution in [0.4, 0.5) is 8.78 Å². The summed E-state index contributed by atoms with van der Waals surface area (Å²) < 4.78 is 37.3. The Balaban J connectivity index is 1.31. The van der Waals surface area contributed by atoms with Crippen molar-refractivity contribution in [3.63, 3.8) is 0 Å². The first-order chi connectivity index (χ1) is 13.6. The molecule has 0 aromatic heterocycles. The highest BCUT2D eigenvalue weighted by atomic mass is 19.2. The van der Waals surface area contributed by atoms with E-state index in [0.717, 1.165) is 17.7 Å². The van der Waals surface area contributed by atoms with E-state index in [1.54, 1.807) is 17.4 Å². The van der Waals surface area contributed by atoms with Crippen molar-refractivity contribution < 1.29 is 23.0 Å². The Kier molecular flexibility index (Phi) is 3.94. The number of carbonyl (C=O) groups is 1. The highest BCUT2D eigenvalue weighted by Crippen LogP contribution is 2.37. The van der Waals surface area contributed by atoms with Crippen LogP contribution >= 0.6 is 0 Å². The van der Waals surface area contributed by atoms with Gasteiger partial charge in [0.25, 0.3) is 5.91 Å². The van der Waals surface area contributed by atoms with Crippen molar-refractivity contribution in [3.05, 3.63) is 71.6 Å². The molecule has 3 aliphatic heterocycles. The topological polar surface area (TPSA) is 54.0 Å². The first kappa shape index (κ1) is 17.0. The summed E-state index contributed by atoms with van der Waals surface area (Å²) in [4.78, 5) is 14.4. The molecule has 0 spiro atoms. The van der Waals surface area contributed by atoms with Crippen molar-refractivity contribution >= 4 is 5.91 Å². The van der Waals surface area contributed by atoms with Crippen molar-refractivity contribution in [3.8, 4) is 11.5 Å². The molecule has 2 aromatic rings. The Hall–Kier alpha value is -3.13. The van der Waals surface area contributed by atoms with E-state index in [1.165, 1.54) is 11.0 Å². The number of amides is 1. The molecule has 6 nitrogen and oxygen atoms in total. The van der Waals surface area contributed by atoms with Crippen molar-refractivity contribution in [2.45, 2.75) is 25.0 Å². The Morgan fingerprint density at radius 1 is 1.04 bits per heavy atom. The van der Waals surface area contributed by atoms with E-state index in [0.29, 0.717) is 23.5 Å². The van der Waals surface area contributed by atoms with Gasteiger partial charge in [0.1, 0.15) is 6.04 Å². The molecule has 144 valence electrons. The van der Waals surface area contributed by atoms with Crippen molar-refractivity contribution in [2.75, 3.05) is 6.79 Å². The summed E-state index contributed by atoms with van der Waals surface area (Å²) in [5.41, 5.74) is 4.86. The second-order valence-corrected chi connectivity index (χ2v) is 6.97. The van der Waals surface area contributed by atoms with Crippen LogP contribution in [0.25, 0.3) is 0 Å². The van der Waals surface area contributed by atoms with Gasteiger partial charge in [0.05, 0.1) is 12.6 Å². The molecule has 1 amide bonds. The van der Waals surface area contributed by atoms with Crippen LogP contribution in [-0.2, 0) is 11.3 Å². The SMILES string of the molecule is O=C1C2CC(c3ccc4c(c3)OCO4)NN2C=CN1Cc1ccc(F)c(F)c1. The third-order valence-electron chi connectivity index (χ3n) is 5.21. The van der Waals surface area contributed by atoms with E-state index in [-0.39, 0.29) is 31.3 Å². The number of benzene rings is 2. The molecular weight excluding hydrogens is 368 g/mol. The van der Waals surface area contributed by atoms with Crippen LogP contribution in [0, 0.1) is 11.6 Å². The summed E-state index contributed by atoms with van der Waals surface area (Å²) in [6, 6.07) is 9.00. The number of halogens is 2. The van der Waals surface area contributed by atoms with Gasteiger partial charge in [-0.2, -0.15) is 0 Å². The van der Waals surface area contributed by atoms with Gasteiger partial charge in [-0.15, -0.1) is 0 Å². The molecule has 2 aromatic carbocycles. The molecule has 2 atom stereocenters. The molecule has 5 rings (SSSR count). The number of nitrogens with one attached hydrogen (secondary N) is 1. The Morgan fingerprint density at radius 2 is 1.89 bits per heavy atom. The molecule has 3 aliphatic rings. The average molecular weight is 385 g/mol. The van der Waals surface area contributed by atoms with Crippen LogP contribution in [0.5, 0.6) is 11.5 Å². The van der Waals surface area contributed by atoms with Gasteiger partial charge >= 0.3 is 0 Å². The smallest absolute Gasteiger partial charge is 0.251 e. The molecule has 28 heavy (non-hydrogen) atoms. The Labute approximate surface area is 159 Å². The molecule has 1 saturated heterocycles. The zero-order chi connectivity index (χ0) is 19.3. The molecule has 0 radical (unpaired) electrons. The third-order valence-corrected chi connectivity index (χ3v) is 5.21. The highest BCUT2D eigenvalue weighted by Gasteiger charge is 2.40. The number of hydrogen-bond acceptors (Lipinski definition) is 5. The van der Waals surface area contributed by atoms with Gasteiger partial charge in [0, 0.05) is 12.4 Å². The fourth-order valence-electron chi connectivity index (χ4n) is 3.75. The van der Waals surface area contributed by atoms with E-state index in [4.69, 9.17) is 9.47 Å². The van der Waals surface area contributed by atoms with Crippen LogP contribution in [0.2, 0.25) is 0 Å². The minimum atomic E-state index is -0.919. The number of fused-ring (bicyclic) bond motifs is 2. The second-order valence-electron chi connectivity index (χ2n) is 6.97. The fraction of sp³-hybridized carbons (Fsp3) is 0.250. The fourth-order valence-corrected chi connectivity index (χ4v) is 3.75. The molecule has 1 N–H and O–H groups in total. The number of rotatable bonds is 3. The number of nitrogens with zero attached hydrogens (tertiary/aromatic N) is 2. The van der Waals surface area contributed by atoms with E-state index in [9.17, 15) is 13.6 Å². The zero-order valence-corrected chi connectivity index (χ0v) is 14.8. The van der Waals surface area contributed by atoms with Crippen molar-refractivity contribution in [1.29, 1.82) is 0 Å². The maximum atomic E-state index is 13.4. The quantitative estimate of drug-likeness (QED) is 0.881. The average Bonchev–Trinajstić information content (AvgIpc) is 3.33. The van der Waals surface area contributed by atoms with Gasteiger partial charge in [-0.1, -0.05) is 12.1 Å². The summed E-state index contributed by atoms with van der Waals surface area (Å²) >= 11 is 0. The lowest BCUT2D eigenvalue weighted by atomic mass is 10.0. The van der Waals surface area contributed by atoms with E-state index < -0.39 is 11.6 Å². The largest absolute Gasteiger partial charge is 0.454 e. The number of carbonyl (C=O) groups excluding carboxylic acids is 1. The molecule has 8 heteroatoms. The van der Waals surface area contributed by atoms with Gasteiger partial charge in [-0.05, 0) is 41.8 Å². The number of hydrogen-bond donors (Lipinski definition) is 1. The van der Waals surface area contributed by atoms with Crippen molar-refractivity contribution in [1.82, 2.24) is 15.3 Å². The predicted molar refractivity (Wildman–Crippen MR) is 94.7 cm³/mol. The van der Waals surface area contributed by atoms with E-state index in [1.807, 2.05) is 18.2 Å². The normalized spacial score (nSPS) is 22.7. The van der Waals surface area contributed by atoms with Crippen LogP contribution in [0.1, 0.15) is 23.6 Å². The van der Waals surface area contributed by atoms with E-state index in [2.05, 4.69) is 5.43 Å². The summed E-state index contributed by atoms with van der Waals surface area (Å²) in [5.74, 6) is -0.498. The summed E-state index contributed by atoms with van der Waals surface area (Å²) in [6.45, 7) is 0.400. The molecule has 0 saturated carbocycles. The van der Waals surface area contributed by atoms with Gasteiger partial charge in [0.15, 0.2) is 23.1 Å². The van der Waals surface area contributed by atoms with Crippen LogP contribution < -0.4 is 14.9 Å². The van der Waals surface area contributed by atoms with Crippen LogP contribution in [0.3, 0.4) is 0 Å². The highest BCUT2D eigenvalue weighted by molar-refractivity contribution is 5.84. The molecule has 0 aliphatic carbocycles. The minimum Gasteiger partial charge on any atom is -0.454 e. The predicted octanol–water partition coefficient (Wildman–Crippen LogP) is 2.83. The molecule has 2 unspecified atom stereocenters. The third kappa shape index (κ3) is 2.86.